The summed E-state index contributed by atoms with van der Waals surface area (Å²) in [4.78, 5) is 30.4. The Labute approximate surface area is 106 Å². The number of hydrogen-bond acceptors (Lipinski definition) is 7. The number of carbonyl (C=O) groups excluding carboxylic acids is 2. The fourth-order valence-corrected chi connectivity index (χ4v) is 0.476. The summed E-state index contributed by atoms with van der Waals surface area (Å²) in [6.07, 6.45) is -4.81. The van der Waals surface area contributed by atoms with Crippen molar-refractivity contribution in [1.82, 2.24) is 0 Å². The van der Waals surface area contributed by atoms with Crippen LogP contribution in [0, 0.1) is 0 Å². The summed E-state index contributed by atoms with van der Waals surface area (Å²) in [6.45, 7) is -1.03. The molecule has 80 valence electrons. The second-order valence-electron chi connectivity index (χ2n) is 2.21. The van der Waals surface area contributed by atoms with E-state index in [1.54, 1.807) is 0 Å². The summed E-state index contributed by atoms with van der Waals surface area (Å²) < 4.78 is 3.90. The van der Waals surface area contributed by atoms with Crippen LogP contribution in [0.3, 0.4) is 0 Å². The van der Waals surface area contributed by atoms with Gasteiger partial charge in [-0.3, -0.25) is 0 Å². The zero-order chi connectivity index (χ0) is 11.3. The molecule has 0 fully saturated rings. The molecule has 0 aromatic rings. The maximum absolute atomic E-state index is 10.6. The van der Waals surface area contributed by atoms with Crippen LogP contribution in [0.2, 0.25) is 0 Å². The summed E-state index contributed by atoms with van der Waals surface area (Å²) >= 11 is 0. The number of aliphatic carboxylic acids is 2. The topological polar surface area (TPSA) is 144 Å². The summed E-state index contributed by atoms with van der Waals surface area (Å²) in [6, 6.07) is 0. The monoisotopic (exact) mass is 230 g/mol. The van der Waals surface area contributed by atoms with Gasteiger partial charge in [0.2, 0.25) is 0 Å². The van der Waals surface area contributed by atoms with Crippen molar-refractivity contribution in [3.05, 3.63) is 0 Å². The molecule has 0 bridgehead atoms. The van der Waals surface area contributed by atoms with E-state index in [0.29, 0.717) is 0 Å². The van der Waals surface area contributed by atoms with Crippen molar-refractivity contribution < 1.29 is 69.1 Å². The van der Waals surface area contributed by atoms with Gasteiger partial charge in [0.1, 0.15) is 6.10 Å². The van der Waals surface area contributed by atoms with E-state index >= 15 is 0 Å². The van der Waals surface area contributed by atoms with Crippen molar-refractivity contribution in [3.63, 3.8) is 0 Å². The summed E-state index contributed by atoms with van der Waals surface area (Å²) in [5, 5.41) is 35.3. The van der Waals surface area contributed by atoms with Crippen molar-refractivity contribution in [1.29, 1.82) is 0 Å². The van der Waals surface area contributed by atoms with Crippen molar-refractivity contribution in [3.8, 4) is 0 Å². The van der Waals surface area contributed by atoms with Crippen LogP contribution in [0.25, 0.3) is 0 Å². The Balaban J connectivity index is 0. The largest absolute Gasteiger partial charge is 1.00 e. The van der Waals surface area contributed by atoms with Gasteiger partial charge in [0.25, 0.3) is 0 Å². The third kappa shape index (κ3) is 6.42. The van der Waals surface area contributed by atoms with Crippen molar-refractivity contribution in [2.75, 3.05) is 6.61 Å². The maximum Gasteiger partial charge on any atom is 1.00 e. The minimum atomic E-state index is -2.45. The zero-order valence-electron chi connectivity index (χ0n) is 7.74. The molecular weight excluding hydrogens is 223 g/mol. The SMILES string of the molecule is O=C(O)COC(=O)C(O)C(O)C(=O)[O-].[Na+]. The predicted molar refractivity (Wildman–Crippen MR) is 35.6 cm³/mol. The Kier molecular flexibility index (Phi) is 8.49. The second-order valence-corrected chi connectivity index (χ2v) is 2.21. The molecule has 0 heterocycles. The fourth-order valence-electron chi connectivity index (χ4n) is 0.476. The first-order chi connectivity index (χ1) is 6.36. The molecule has 0 aromatic carbocycles. The number of carbonyl (C=O) groups is 3. The second kappa shape index (κ2) is 7.60. The molecule has 2 atom stereocenters. The molecule has 0 radical (unpaired) electrons. The average molecular weight is 230 g/mol. The third-order valence-corrected chi connectivity index (χ3v) is 1.12. The molecule has 0 aliphatic rings. The molecule has 0 aromatic heterocycles. The molecule has 3 N–H and O–H groups in total. The van der Waals surface area contributed by atoms with Crippen molar-refractivity contribution in [2.45, 2.75) is 12.2 Å². The zero-order valence-corrected chi connectivity index (χ0v) is 9.74. The van der Waals surface area contributed by atoms with Gasteiger partial charge in [0, 0.05) is 0 Å². The van der Waals surface area contributed by atoms with Gasteiger partial charge in [-0.05, 0) is 0 Å². The predicted octanol–water partition coefficient (Wildman–Crippen LogP) is -6.91. The van der Waals surface area contributed by atoms with Gasteiger partial charge >= 0.3 is 41.5 Å². The van der Waals surface area contributed by atoms with E-state index in [2.05, 4.69) is 4.74 Å². The summed E-state index contributed by atoms with van der Waals surface area (Å²) in [5.74, 6) is -5.10. The molecular formula is C6H7NaO8. The van der Waals surface area contributed by atoms with E-state index in [1.165, 1.54) is 0 Å². The molecule has 0 amide bonds. The molecule has 0 spiro atoms. The molecule has 8 nitrogen and oxygen atoms in total. The van der Waals surface area contributed by atoms with Gasteiger partial charge in [-0.25, -0.2) is 9.59 Å². The van der Waals surface area contributed by atoms with E-state index in [0.717, 1.165) is 0 Å². The van der Waals surface area contributed by atoms with Gasteiger partial charge in [-0.1, -0.05) is 0 Å². The van der Waals surface area contributed by atoms with Crippen LogP contribution >= 0.6 is 0 Å². The smallest absolute Gasteiger partial charge is 0.547 e. The van der Waals surface area contributed by atoms with Crippen LogP contribution in [0.15, 0.2) is 0 Å². The molecule has 9 heteroatoms. The van der Waals surface area contributed by atoms with Gasteiger partial charge < -0.3 is 30.0 Å². The standard InChI is InChI=1S/C6H8O8.Na/c7-2(8)1-14-6(13)4(10)3(9)5(11)12;/h3-4,9-10H,1H2,(H,7,8)(H,11,12);/q;+1/p-1. The van der Waals surface area contributed by atoms with Gasteiger partial charge in [-0.2, -0.15) is 0 Å². The molecule has 0 rings (SSSR count). The van der Waals surface area contributed by atoms with E-state index in [4.69, 9.17) is 15.3 Å². The van der Waals surface area contributed by atoms with E-state index in [9.17, 15) is 19.5 Å². The Morgan fingerprint density at radius 2 is 1.67 bits per heavy atom. The molecule has 2 unspecified atom stereocenters. The Morgan fingerprint density at radius 1 is 1.20 bits per heavy atom. The Morgan fingerprint density at radius 3 is 2.00 bits per heavy atom. The summed E-state index contributed by atoms with van der Waals surface area (Å²) in [7, 11) is 0. The maximum atomic E-state index is 10.6. The van der Waals surface area contributed by atoms with E-state index < -0.39 is 36.7 Å². The van der Waals surface area contributed by atoms with Crippen LogP contribution < -0.4 is 34.7 Å². The van der Waals surface area contributed by atoms with Crippen LogP contribution in [0.1, 0.15) is 0 Å². The molecule has 0 saturated heterocycles. The van der Waals surface area contributed by atoms with Gasteiger partial charge in [0.15, 0.2) is 12.7 Å². The number of carboxylic acid groups (broad SMARTS) is 2. The number of aliphatic hydroxyl groups is 2. The quantitative estimate of drug-likeness (QED) is 0.312. The number of hydrogen-bond donors (Lipinski definition) is 3. The number of aliphatic hydroxyl groups excluding tert-OH is 2. The molecule has 0 saturated carbocycles. The van der Waals surface area contributed by atoms with Crippen LogP contribution in [-0.2, 0) is 19.1 Å². The first-order valence-corrected chi connectivity index (χ1v) is 3.31. The van der Waals surface area contributed by atoms with Gasteiger partial charge in [0.05, 0.1) is 5.97 Å². The fraction of sp³-hybridized carbons (Fsp3) is 0.500. The first kappa shape index (κ1) is 16.7. The number of carboxylic acids is 2. The minimum Gasteiger partial charge on any atom is -0.547 e. The molecule has 15 heavy (non-hydrogen) atoms. The molecule has 0 aliphatic carbocycles. The number of esters is 1. The van der Waals surface area contributed by atoms with Crippen molar-refractivity contribution in [2.24, 2.45) is 0 Å². The number of ether oxygens (including phenoxy) is 1. The van der Waals surface area contributed by atoms with Crippen LogP contribution in [0.5, 0.6) is 0 Å². The van der Waals surface area contributed by atoms with Crippen LogP contribution in [0.4, 0.5) is 0 Å². The van der Waals surface area contributed by atoms with Crippen molar-refractivity contribution >= 4 is 17.9 Å². The first-order valence-electron chi connectivity index (χ1n) is 3.31. The average Bonchev–Trinajstić information content (AvgIpc) is 2.11. The summed E-state index contributed by atoms with van der Waals surface area (Å²) in [5.41, 5.74) is 0. The number of rotatable bonds is 5. The third-order valence-electron chi connectivity index (χ3n) is 1.12. The van der Waals surface area contributed by atoms with E-state index in [1.807, 2.05) is 0 Å². The minimum absolute atomic E-state index is 0. The van der Waals surface area contributed by atoms with Crippen LogP contribution in [-0.4, -0.2) is 52.0 Å². The molecule has 0 aliphatic heterocycles. The van der Waals surface area contributed by atoms with Gasteiger partial charge in [-0.15, -0.1) is 0 Å². The normalized spacial score (nSPS) is 13.2. The Bertz CT molecular complexity index is 252. The van der Waals surface area contributed by atoms with E-state index in [-0.39, 0.29) is 29.6 Å². The Hall–Kier alpha value is -0.670.